The van der Waals surface area contributed by atoms with E-state index in [1.165, 1.54) is 24.3 Å². The second-order valence-corrected chi connectivity index (χ2v) is 2.68. The first-order valence-corrected chi connectivity index (χ1v) is 3.85. The van der Waals surface area contributed by atoms with E-state index in [1.54, 1.807) is 0 Å². The van der Waals surface area contributed by atoms with Gasteiger partial charge in [-0.2, -0.15) is 0 Å². The molecule has 0 saturated carbocycles. The predicted octanol–water partition coefficient (Wildman–Crippen LogP) is 2.17. The van der Waals surface area contributed by atoms with E-state index in [4.69, 9.17) is 5.11 Å². The maximum atomic E-state index is 12.9. The molecule has 1 nitrogen and oxygen atoms in total. The zero-order valence-electron chi connectivity index (χ0n) is 7.00. The smallest absolute Gasteiger partial charge is 0.148 e. The summed E-state index contributed by atoms with van der Waals surface area (Å²) >= 11 is 0. The van der Waals surface area contributed by atoms with E-state index in [2.05, 4.69) is 6.58 Å². The number of rotatable bonds is 3. The van der Waals surface area contributed by atoms with E-state index < -0.39 is 12.8 Å². The maximum Gasteiger partial charge on any atom is 0.148 e. The Kier molecular flexibility index (Phi) is 3.14. The summed E-state index contributed by atoms with van der Waals surface area (Å²) < 4.78 is 25.3. The summed E-state index contributed by atoms with van der Waals surface area (Å²) in [6.07, 6.45) is -1.48. The second kappa shape index (κ2) is 4.14. The lowest BCUT2D eigenvalue weighted by molar-refractivity contribution is 0.215. The Morgan fingerprint density at radius 1 is 1.38 bits per heavy atom. The van der Waals surface area contributed by atoms with Crippen LogP contribution in [0.2, 0.25) is 0 Å². The minimum atomic E-state index is -1.48. The van der Waals surface area contributed by atoms with Gasteiger partial charge in [-0.25, -0.2) is 8.78 Å². The molecule has 1 atom stereocenters. The predicted molar refractivity (Wildman–Crippen MR) is 47.4 cm³/mol. The van der Waals surface area contributed by atoms with Gasteiger partial charge >= 0.3 is 0 Å². The van der Waals surface area contributed by atoms with Crippen LogP contribution in [0.15, 0.2) is 30.8 Å². The SMILES string of the molecule is C=C(c1ccc(F)cc1)[C@H](F)CO. The first kappa shape index (κ1) is 9.86. The molecule has 0 radical (unpaired) electrons. The molecule has 0 spiro atoms. The first-order chi connectivity index (χ1) is 6.15. The Bertz CT molecular complexity index is 292. The molecule has 13 heavy (non-hydrogen) atoms. The molecule has 0 aliphatic heterocycles. The topological polar surface area (TPSA) is 20.2 Å². The minimum Gasteiger partial charge on any atom is -0.393 e. The van der Waals surface area contributed by atoms with E-state index in [-0.39, 0.29) is 11.4 Å². The van der Waals surface area contributed by atoms with Gasteiger partial charge in [0.25, 0.3) is 0 Å². The van der Waals surface area contributed by atoms with Crippen molar-refractivity contribution >= 4 is 5.57 Å². The van der Waals surface area contributed by atoms with Crippen molar-refractivity contribution in [3.63, 3.8) is 0 Å². The van der Waals surface area contributed by atoms with E-state index in [9.17, 15) is 8.78 Å². The van der Waals surface area contributed by atoms with Crippen molar-refractivity contribution in [2.75, 3.05) is 6.61 Å². The Hall–Kier alpha value is -1.22. The van der Waals surface area contributed by atoms with Crippen molar-refractivity contribution < 1.29 is 13.9 Å². The number of halogens is 2. The zero-order valence-corrected chi connectivity index (χ0v) is 7.00. The molecule has 0 heterocycles. The van der Waals surface area contributed by atoms with E-state index >= 15 is 0 Å². The normalized spacial score (nSPS) is 12.5. The lowest BCUT2D eigenvalue weighted by Crippen LogP contribution is -2.07. The molecular formula is C10H10F2O. The maximum absolute atomic E-state index is 12.9. The highest BCUT2D eigenvalue weighted by Gasteiger charge is 2.10. The van der Waals surface area contributed by atoms with Gasteiger partial charge in [0, 0.05) is 0 Å². The fourth-order valence-electron chi connectivity index (χ4n) is 0.955. The summed E-state index contributed by atoms with van der Waals surface area (Å²) in [6.45, 7) is 2.87. The van der Waals surface area contributed by atoms with Crippen LogP contribution < -0.4 is 0 Å². The molecular weight excluding hydrogens is 174 g/mol. The highest BCUT2D eigenvalue weighted by atomic mass is 19.1. The summed E-state index contributed by atoms with van der Waals surface area (Å²) in [5.74, 6) is -0.379. The van der Waals surface area contributed by atoms with Crippen LogP contribution in [0, 0.1) is 5.82 Å². The van der Waals surface area contributed by atoms with Crippen molar-refractivity contribution in [1.82, 2.24) is 0 Å². The Morgan fingerprint density at radius 3 is 2.38 bits per heavy atom. The highest BCUT2D eigenvalue weighted by Crippen LogP contribution is 2.18. The highest BCUT2D eigenvalue weighted by molar-refractivity contribution is 5.66. The molecule has 0 aromatic heterocycles. The summed E-state index contributed by atoms with van der Waals surface area (Å²) in [5, 5.41) is 8.51. The third-order valence-electron chi connectivity index (χ3n) is 1.75. The zero-order chi connectivity index (χ0) is 9.84. The van der Waals surface area contributed by atoms with Gasteiger partial charge < -0.3 is 5.11 Å². The van der Waals surface area contributed by atoms with Crippen LogP contribution in [0.25, 0.3) is 5.57 Å². The third kappa shape index (κ3) is 2.36. The van der Waals surface area contributed by atoms with E-state index in [0.717, 1.165) is 0 Å². The molecule has 1 rings (SSSR count). The van der Waals surface area contributed by atoms with Gasteiger partial charge in [-0.15, -0.1) is 0 Å². The van der Waals surface area contributed by atoms with Crippen LogP contribution in [0.3, 0.4) is 0 Å². The monoisotopic (exact) mass is 184 g/mol. The molecule has 70 valence electrons. The Morgan fingerprint density at radius 2 is 1.92 bits per heavy atom. The quantitative estimate of drug-likeness (QED) is 0.763. The molecule has 1 aromatic carbocycles. The van der Waals surface area contributed by atoms with Gasteiger partial charge in [-0.3, -0.25) is 0 Å². The van der Waals surface area contributed by atoms with Crippen LogP contribution in [-0.2, 0) is 0 Å². The largest absolute Gasteiger partial charge is 0.393 e. The molecule has 0 fully saturated rings. The lowest BCUT2D eigenvalue weighted by Gasteiger charge is -2.08. The van der Waals surface area contributed by atoms with Crippen LogP contribution in [0.5, 0.6) is 0 Å². The average molecular weight is 184 g/mol. The number of benzene rings is 1. The number of aliphatic hydroxyl groups is 1. The summed E-state index contributed by atoms with van der Waals surface area (Å²) in [6, 6.07) is 5.31. The fraction of sp³-hybridized carbons (Fsp3) is 0.200. The first-order valence-electron chi connectivity index (χ1n) is 3.85. The van der Waals surface area contributed by atoms with Gasteiger partial charge in [0.15, 0.2) is 0 Å². The number of hydrogen-bond donors (Lipinski definition) is 1. The van der Waals surface area contributed by atoms with E-state index in [0.29, 0.717) is 5.56 Å². The van der Waals surface area contributed by atoms with Crippen molar-refractivity contribution in [2.24, 2.45) is 0 Å². The Balaban J connectivity index is 2.83. The second-order valence-electron chi connectivity index (χ2n) is 2.68. The molecule has 0 amide bonds. The Labute approximate surface area is 75.3 Å². The molecule has 0 aliphatic rings. The van der Waals surface area contributed by atoms with Crippen LogP contribution in [-0.4, -0.2) is 17.9 Å². The van der Waals surface area contributed by atoms with Gasteiger partial charge in [0.2, 0.25) is 0 Å². The molecule has 0 saturated heterocycles. The summed E-state index contributed by atoms with van der Waals surface area (Å²) in [7, 11) is 0. The van der Waals surface area contributed by atoms with Gasteiger partial charge in [0.05, 0.1) is 6.61 Å². The van der Waals surface area contributed by atoms with Crippen molar-refractivity contribution in [2.45, 2.75) is 6.17 Å². The molecule has 0 aliphatic carbocycles. The van der Waals surface area contributed by atoms with Gasteiger partial charge in [-0.05, 0) is 23.3 Å². The van der Waals surface area contributed by atoms with Crippen molar-refractivity contribution in [3.05, 3.63) is 42.2 Å². The minimum absolute atomic E-state index is 0.169. The number of alkyl halides is 1. The van der Waals surface area contributed by atoms with Crippen molar-refractivity contribution in [3.8, 4) is 0 Å². The molecule has 1 aromatic rings. The van der Waals surface area contributed by atoms with Crippen LogP contribution >= 0.6 is 0 Å². The van der Waals surface area contributed by atoms with Gasteiger partial charge in [-0.1, -0.05) is 18.7 Å². The van der Waals surface area contributed by atoms with Crippen molar-refractivity contribution in [1.29, 1.82) is 0 Å². The number of hydrogen-bond acceptors (Lipinski definition) is 1. The lowest BCUT2D eigenvalue weighted by atomic mass is 10.0. The summed E-state index contributed by atoms with van der Waals surface area (Å²) in [5.41, 5.74) is 0.672. The van der Waals surface area contributed by atoms with Gasteiger partial charge in [0.1, 0.15) is 12.0 Å². The summed E-state index contributed by atoms with van der Waals surface area (Å²) in [4.78, 5) is 0. The van der Waals surface area contributed by atoms with Crippen LogP contribution in [0.1, 0.15) is 5.56 Å². The molecule has 1 N–H and O–H groups in total. The van der Waals surface area contributed by atoms with Crippen LogP contribution in [0.4, 0.5) is 8.78 Å². The van der Waals surface area contributed by atoms with E-state index in [1.807, 2.05) is 0 Å². The molecule has 3 heteroatoms. The standard InChI is InChI=1S/C10H10F2O/c1-7(10(12)6-13)8-2-4-9(11)5-3-8/h2-5,10,13H,1,6H2/t10-/m1/s1. The number of aliphatic hydroxyl groups excluding tert-OH is 1. The molecule has 0 bridgehead atoms. The fourth-order valence-corrected chi connectivity index (χ4v) is 0.955. The average Bonchev–Trinajstić information content (AvgIpc) is 2.17. The third-order valence-corrected chi connectivity index (χ3v) is 1.75. The molecule has 0 unspecified atom stereocenters.